The van der Waals surface area contributed by atoms with E-state index in [0.29, 0.717) is 30.3 Å². The average molecular weight is 239 g/mol. The van der Waals surface area contributed by atoms with Gasteiger partial charge < -0.3 is 24.6 Å². The van der Waals surface area contributed by atoms with Crippen LogP contribution in [0.15, 0.2) is 12.1 Å². The topological polar surface area (TPSA) is 60.0 Å². The summed E-state index contributed by atoms with van der Waals surface area (Å²) in [5, 5.41) is 12.3. The lowest BCUT2D eigenvalue weighted by atomic mass is 10.2. The number of methoxy groups -OCH3 is 1. The minimum atomic E-state index is -0.356. The molecule has 0 aromatic heterocycles. The zero-order valence-corrected chi connectivity index (χ0v) is 10.0. The highest BCUT2D eigenvalue weighted by molar-refractivity contribution is 5.55. The van der Waals surface area contributed by atoms with E-state index in [0.717, 1.165) is 5.56 Å². The van der Waals surface area contributed by atoms with Crippen LogP contribution in [0.1, 0.15) is 12.5 Å². The maximum absolute atomic E-state index is 9.15. The molecule has 0 spiro atoms. The van der Waals surface area contributed by atoms with Crippen molar-refractivity contribution in [2.45, 2.75) is 19.6 Å². The first kappa shape index (κ1) is 12.0. The SMILES string of the molecule is COc1cc(CNC[C@H](C)O)cc2c1OCO2. The summed E-state index contributed by atoms with van der Waals surface area (Å²) in [6.07, 6.45) is -0.356. The number of aliphatic hydroxyl groups is 1. The van der Waals surface area contributed by atoms with Crippen LogP contribution in [0.4, 0.5) is 0 Å². The molecule has 0 bridgehead atoms. The molecule has 2 N–H and O–H groups in total. The maximum Gasteiger partial charge on any atom is 0.231 e. The van der Waals surface area contributed by atoms with Crippen LogP contribution in [0.3, 0.4) is 0 Å². The number of rotatable bonds is 5. The van der Waals surface area contributed by atoms with Gasteiger partial charge in [-0.2, -0.15) is 0 Å². The van der Waals surface area contributed by atoms with Crippen LogP contribution in [-0.2, 0) is 6.54 Å². The Morgan fingerprint density at radius 2 is 2.29 bits per heavy atom. The second-order valence-corrected chi connectivity index (χ2v) is 4.01. The molecule has 0 saturated heterocycles. The monoisotopic (exact) mass is 239 g/mol. The lowest BCUT2D eigenvalue weighted by Crippen LogP contribution is -2.23. The third kappa shape index (κ3) is 2.81. The molecule has 1 atom stereocenters. The van der Waals surface area contributed by atoms with E-state index < -0.39 is 0 Å². The molecule has 5 heteroatoms. The fraction of sp³-hybridized carbons (Fsp3) is 0.500. The molecule has 0 aliphatic carbocycles. The predicted molar refractivity (Wildman–Crippen MR) is 62.5 cm³/mol. The van der Waals surface area contributed by atoms with Gasteiger partial charge in [-0.15, -0.1) is 0 Å². The first-order valence-electron chi connectivity index (χ1n) is 5.56. The number of nitrogens with one attached hydrogen (secondary N) is 1. The average Bonchev–Trinajstić information content (AvgIpc) is 2.75. The van der Waals surface area contributed by atoms with Crippen molar-refractivity contribution in [3.8, 4) is 17.2 Å². The van der Waals surface area contributed by atoms with Gasteiger partial charge in [-0.05, 0) is 24.6 Å². The summed E-state index contributed by atoms with van der Waals surface area (Å²) >= 11 is 0. The molecule has 0 saturated carbocycles. The molecule has 1 aliphatic rings. The molecule has 1 aromatic carbocycles. The zero-order valence-electron chi connectivity index (χ0n) is 10.0. The van der Waals surface area contributed by atoms with E-state index in [9.17, 15) is 0 Å². The summed E-state index contributed by atoms with van der Waals surface area (Å²) < 4.78 is 15.9. The number of hydrogen-bond donors (Lipinski definition) is 2. The van der Waals surface area contributed by atoms with Gasteiger partial charge in [-0.1, -0.05) is 0 Å². The van der Waals surface area contributed by atoms with Crippen LogP contribution in [-0.4, -0.2) is 31.7 Å². The van der Waals surface area contributed by atoms with Gasteiger partial charge in [0.2, 0.25) is 12.5 Å². The maximum atomic E-state index is 9.15. The van der Waals surface area contributed by atoms with Crippen LogP contribution in [0.5, 0.6) is 17.2 Å². The minimum Gasteiger partial charge on any atom is -0.493 e. The van der Waals surface area contributed by atoms with Crippen LogP contribution in [0.2, 0.25) is 0 Å². The van der Waals surface area contributed by atoms with Gasteiger partial charge in [-0.25, -0.2) is 0 Å². The first-order chi connectivity index (χ1) is 8.20. The number of hydrogen-bond acceptors (Lipinski definition) is 5. The molecule has 5 nitrogen and oxygen atoms in total. The van der Waals surface area contributed by atoms with Gasteiger partial charge in [0, 0.05) is 13.1 Å². The Labute approximate surface area is 100 Å². The Morgan fingerprint density at radius 1 is 1.47 bits per heavy atom. The number of ether oxygens (including phenoxy) is 3. The third-order valence-corrected chi connectivity index (χ3v) is 2.49. The first-order valence-corrected chi connectivity index (χ1v) is 5.56. The molecule has 1 aliphatic heterocycles. The van der Waals surface area contributed by atoms with Crippen molar-refractivity contribution in [1.29, 1.82) is 0 Å². The standard InChI is InChI=1S/C12H17NO4/c1-8(14)5-13-6-9-3-10(15-2)12-11(4-9)16-7-17-12/h3-4,8,13-14H,5-7H2,1-2H3/t8-/m0/s1. The Hall–Kier alpha value is -1.46. The van der Waals surface area contributed by atoms with E-state index >= 15 is 0 Å². The normalized spacial score (nSPS) is 14.8. The van der Waals surface area contributed by atoms with E-state index in [1.54, 1.807) is 14.0 Å². The molecular formula is C12H17NO4. The molecule has 1 aromatic rings. The van der Waals surface area contributed by atoms with Crippen LogP contribution in [0, 0.1) is 0 Å². The summed E-state index contributed by atoms with van der Waals surface area (Å²) in [5.41, 5.74) is 1.03. The van der Waals surface area contributed by atoms with Crippen LogP contribution in [0.25, 0.3) is 0 Å². The van der Waals surface area contributed by atoms with Crippen molar-refractivity contribution < 1.29 is 19.3 Å². The molecule has 2 rings (SSSR count). The summed E-state index contributed by atoms with van der Waals surface area (Å²) in [4.78, 5) is 0. The highest BCUT2D eigenvalue weighted by Gasteiger charge is 2.19. The second-order valence-electron chi connectivity index (χ2n) is 4.01. The van der Waals surface area contributed by atoms with Crippen molar-refractivity contribution in [2.75, 3.05) is 20.4 Å². The highest BCUT2D eigenvalue weighted by Crippen LogP contribution is 2.41. The van der Waals surface area contributed by atoms with Crippen molar-refractivity contribution in [3.63, 3.8) is 0 Å². The highest BCUT2D eigenvalue weighted by atomic mass is 16.7. The van der Waals surface area contributed by atoms with Crippen molar-refractivity contribution in [1.82, 2.24) is 5.32 Å². The summed E-state index contributed by atoms with van der Waals surface area (Å²) in [6, 6.07) is 3.82. The molecule has 0 fully saturated rings. The van der Waals surface area contributed by atoms with Crippen LogP contribution < -0.4 is 19.5 Å². The van der Waals surface area contributed by atoms with Gasteiger partial charge in [0.05, 0.1) is 13.2 Å². The Kier molecular flexibility index (Phi) is 3.71. The van der Waals surface area contributed by atoms with E-state index in [-0.39, 0.29) is 12.9 Å². The summed E-state index contributed by atoms with van der Waals surface area (Å²) in [6.45, 7) is 3.18. The predicted octanol–water partition coefficient (Wildman–Crippen LogP) is 0.894. The van der Waals surface area contributed by atoms with E-state index in [4.69, 9.17) is 19.3 Å². The number of benzene rings is 1. The molecular weight excluding hydrogens is 222 g/mol. The number of aliphatic hydroxyl groups excluding tert-OH is 1. The Morgan fingerprint density at radius 3 is 3.00 bits per heavy atom. The van der Waals surface area contributed by atoms with Gasteiger partial charge in [-0.3, -0.25) is 0 Å². The van der Waals surface area contributed by atoms with Gasteiger partial charge in [0.25, 0.3) is 0 Å². The number of fused-ring (bicyclic) bond motifs is 1. The molecule has 17 heavy (non-hydrogen) atoms. The lowest BCUT2D eigenvalue weighted by Gasteiger charge is -2.10. The lowest BCUT2D eigenvalue weighted by molar-refractivity contribution is 0.171. The van der Waals surface area contributed by atoms with Crippen LogP contribution >= 0.6 is 0 Å². The zero-order chi connectivity index (χ0) is 12.3. The quantitative estimate of drug-likeness (QED) is 0.799. The van der Waals surface area contributed by atoms with Gasteiger partial charge in [0.15, 0.2) is 11.5 Å². The van der Waals surface area contributed by atoms with E-state index in [1.165, 1.54) is 0 Å². The van der Waals surface area contributed by atoms with Crippen molar-refractivity contribution in [2.24, 2.45) is 0 Å². The van der Waals surface area contributed by atoms with Gasteiger partial charge in [0.1, 0.15) is 0 Å². The molecule has 0 unspecified atom stereocenters. The molecule has 0 radical (unpaired) electrons. The Bertz CT molecular complexity index is 392. The molecule has 1 heterocycles. The van der Waals surface area contributed by atoms with E-state index in [1.807, 2.05) is 12.1 Å². The minimum absolute atomic E-state index is 0.232. The fourth-order valence-corrected chi connectivity index (χ4v) is 1.71. The molecule has 94 valence electrons. The van der Waals surface area contributed by atoms with Gasteiger partial charge >= 0.3 is 0 Å². The largest absolute Gasteiger partial charge is 0.493 e. The Balaban J connectivity index is 2.08. The molecule has 0 amide bonds. The third-order valence-electron chi connectivity index (χ3n) is 2.49. The van der Waals surface area contributed by atoms with E-state index in [2.05, 4.69) is 5.32 Å². The second kappa shape index (κ2) is 5.25. The summed E-state index contributed by atoms with van der Waals surface area (Å²) in [7, 11) is 1.60. The van der Waals surface area contributed by atoms with Crippen molar-refractivity contribution in [3.05, 3.63) is 17.7 Å². The summed E-state index contributed by atoms with van der Waals surface area (Å²) in [5.74, 6) is 2.04. The fourth-order valence-electron chi connectivity index (χ4n) is 1.71. The smallest absolute Gasteiger partial charge is 0.231 e. The van der Waals surface area contributed by atoms with Crippen molar-refractivity contribution >= 4 is 0 Å².